The van der Waals surface area contributed by atoms with Gasteiger partial charge in [-0.05, 0) is 11.1 Å². The first-order valence-corrected chi connectivity index (χ1v) is 5.66. The first kappa shape index (κ1) is 14.3. The zero-order valence-electron chi connectivity index (χ0n) is 10.1. The van der Waals surface area contributed by atoms with E-state index in [1.54, 1.807) is 30.3 Å². The highest BCUT2D eigenvalue weighted by atomic mass is 19.4. The number of nitrogens with zero attached hydrogens (tertiary/aromatic N) is 1. The Balaban J connectivity index is 2.50. The summed E-state index contributed by atoms with van der Waals surface area (Å²) in [6.07, 6.45) is -4.07. The molecule has 1 atom stereocenters. The third kappa shape index (κ3) is 2.32. The van der Waals surface area contributed by atoms with Crippen molar-refractivity contribution in [2.24, 2.45) is 0 Å². The highest BCUT2D eigenvalue weighted by Gasteiger charge is 2.62. The lowest BCUT2D eigenvalue weighted by Crippen LogP contribution is -2.49. The van der Waals surface area contributed by atoms with Crippen molar-refractivity contribution in [1.82, 2.24) is 0 Å². The van der Waals surface area contributed by atoms with Crippen LogP contribution in [-0.2, 0) is 0 Å². The fourth-order valence-electron chi connectivity index (χ4n) is 2.05. The molecule has 0 radical (unpaired) electrons. The Bertz CT molecular complexity index is 593. The summed E-state index contributed by atoms with van der Waals surface area (Å²) in [5.74, 6) is 0. The predicted octanol–water partition coefficient (Wildman–Crippen LogP) is 2.93. The van der Waals surface area contributed by atoms with Gasteiger partial charge in [-0.15, -0.1) is 0 Å². The van der Waals surface area contributed by atoms with Gasteiger partial charge >= 0.3 is 6.18 Å². The van der Waals surface area contributed by atoms with Crippen molar-refractivity contribution < 1.29 is 23.2 Å². The number of hydrogen-bond donors (Lipinski definition) is 1. The smallest absolute Gasteiger partial charge is 0.371 e. The predicted molar refractivity (Wildman–Crippen MR) is 65.1 cm³/mol. The van der Waals surface area contributed by atoms with Crippen LogP contribution in [0.25, 0.3) is 5.57 Å². The molecule has 1 aliphatic rings. The van der Waals surface area contributed by atoms with Crippen LogP contribution >= 0.6 is 0 Å². The third-order valence-corrected chi connectivity index (χ3v) is 3.12. The zero-order chi connectivity index (χ0) is 15.0. The maximum absolute atomic E-state index is 13.0. The van der Waals surface area contributed by atoms with Gasteiger partial charge < -0.3 is 5.11 Å². The Kier molecular flexibility index (Phi) is 3.39. The molecule has 1 aromatic rings. The van der Waals surface area contributed by atoms with E-state index in [4.69, 9.17) is 0 Å². The van der Waals surface area contributed by atoms with Gasteiger partial charge in [0, 0.05) is 12.5 Å². The van der Waals surface area contributed by atoms with E-state index in [1.807, 2.05) is 0 Å². The van der Waals surface area contributed by atoms with Crippen LogP contribution in [0, 0.1) is 10.1 Å². The van der Waals surface area contributed by atoms with Crippen LogP contribution in [0.1, 0.15) is 12.0 Å². The molecule has 0 aromatic heterocycles. The van der Waals surface area contributed by atoms with Crippen molar-refractivity contribution in [3.05, 3.63) is 63.9 Å². The lowest BCUT2D eigenvalue weighted by Gasteiger charge is -2.30. The van der Waals surface area contributed by atoms with E-state index in [9.17, 15) is 28.4 Å². The van der Waals surface area contributed by atoms with Crippen molar-refractivity contribution in [3.8, 4) is 0 Å². The van der Waals surface area contributed by atoms with Crippen molar-refractivity contribution in [2.45, 2.75) is 18.2 Å². The van der Waals surface area contributed by atoms with Crippen LogP contribution in [0.5, 0.6) is 0 Å². The molecular formula is C13H10F3NO3. The average Bonchev–Trinajstić information content (AvgIpc) is 2.38. The second-order valence-corrected chi connectivity index (χ2v) is 4.40. The van der Waals surface area contributed by atoms with Crippen molar-refractivity contribution in [1.29, 1.82) is 0 Å². The normalized spacial score (nSPS) is 23.0. The van der Waals surface area contributed by atoms with Gasteiger partial charge in [-0.2, -0.15) is 13.2 Å². The summed E-state index contributed by atoms with van der Waals surface area (Å²) in [6.45, 7) is 0. The van der Waals surface area contributed by atoms with Crippen LogP contribution in [0.4, 0.5) is 13.2 Å². The Hall–Kier alpha value is -2.15. The molecule has 2 rings (SSSR count). The average molecular weight is 285 g/mol. The third-order valence-electron chi connectivity index (χ3n) is 3.12. The summed E-state index contributed by atoms with van der Waals surface area (Å²) in [7, 11) is 0. The molecule has 20 heavy (non-hydrogen) atoms. The zero-order valence-corrected chi connectivity index (χ0v) is 10.1. The summed E-state index contributed by atoms with van der Waals surface area (Å²) in [5, 5.41) is 20.5. The maximum atomic E-state index is 13.0. The Morgan fingerprint density at radius 1 is 1.20 bits per heavy atom. The van der Waals surface area contributed by atoms with Crippen molar-refractivity contribution >= 4 is 5.57 Å². The lowest BCUT2D eigenvalue weighted by molar-refractivity contribution is -0.459. The molecule has 0 saturated carbocycles. The topological polar surface area (TPSA) is 63.4 Å². The second kappa shape index (κ2) is 4.75. The molecule has 1 unspecified atom stereocenters. The van der Waals surface area contributed by atoms with Gasteiger partial charge in [0.2, 0.25) is 0 Å². The molecule has 0 bridgehead atoms. The molecule has 1 N–H and O–H groups in total. The number of benzene rings is 1. The van der Waals surface area contributed by atoms with Crippen LogP contribution in [0.2, 0.25) is 0 Å². The summed E-state index contributed by atoms with van der Waals surface area (Å²) >= 11 is 0. The number of halogens is 3. The van der Waals surface area contributed by atoms with E-state index in [2.05, 4.69) is 0 Å². The highest BCUT2D eigenvalue weighted by Crippen LogP contribution is 2.45. The minimum Gasteiger partial charge on any atom is -0.371 e. The standard InChI is InChI=1S/C13H10F3NO3/c14-13(15,16)12(18)8-10(6-7-11(12)17(19)20)9-4-2-1-3-5-9/h1-7,18H,8H2. The fraction of sp³-hybridized carbons (Fsp3) is 0.231. The lowest BCUT2D eigenvalue weighted by atomic mass is 9.83. The van der Waals surface area contributed by atoms with Crippen LogP contribution in [0.3, 0.4) is 0 Å². The Labute approximate surface area is 112 Å². The van der Waals surface area contributed by atoms with Gasteiger partial charge in [0.1, 0.15) is 0 Å². The molecule has 0 spiro atoms. The quantitative estimate of drug-likeness (QED) is 0.671. The van der Waals surface area contributed by atoms with E-state index in [-0.39, 0.29) is 5.57 Å². The summed E-state index contributed by atoms with van der Waals surface area (Å²) in [6, 6.07) is 8.12. The summed E-state index contributed by atoms with van der Waals surface area (Å²) in [4.78, 5) is 9.51. The van der Waals surface area contributed by atoms with Gasteiger partial charge in [0.05, 0.1) is 4.92 Å². The van der Waals surface area contributed by atoms with E-state index >= 15 is 0 Å². The Morgan fingerprint density at radius 2 is 1.80 bits per heavy atom. The summed E-state index contributed by atoms with van der Waals surface area (Å²) < 4.78 is 39.0. The summed E-state index contributed by atoms with van der Waals surface area (Å²) in [5.41, 5.74) is -4.06. The van der Waals surface area contributed by atoms with E-state index < -0.39 is 28.8 Å². The monoisotopic (exact) mass is 285 g/mol. The van der Waals surface area contributed by atoms with Crippen LogP contribution in [0.15, 0.2) is 48.2 Å². The van der Waals surface area contributed by atoms with E-state index in [1.165, 1.54) is 6.08 Å². The molecule has 0 amide bonds. The number of rotatable bonds is 2. The van der Waals surface area contributed by atoms with Crippen molar-refractivity contribution in [2.75, 3.05) is 0 Å². The molecule has 0 fully saturated rings. The van der Waals surface area contributed by atoms with Crippen molar-refractivity contribution in [3.63, 3.8) is 0 Å². The minimum absolute atomic E-state index is 0.191. The van der Waals surface area contributed by atoms with Gasteiger partial charge in [-0.1, -0.05) is 36.4 Å². The second-order valence-electron chi connectivity index (χ2n) is 4.40. The van der Waals surface area contributed by atoms with Gasteiger partial charge in [0.25, 0.3) is 11.3 Å². The molecule has 0 aliphatic heterocycles. The number of hydrogen-bond acceptors (Lipinski definition) is 3. The molecule has 4 nitrogen and oxygen atoms in total. The molecule has 1 aromatic carbocycles. The van der Waals surface area contributed by atoms with Crippen LogP contribution < -0.4 is 0 Å². The number of allylic oxidation sites excluding steroid dienone is 2. The largest absolute Gasteiger partial charge is 0.428 e. The first-order chi connectivity index (χ1) is 9.25. The van der Waals surface area contributed by atoms with Gasteiger partial charge in [-0.25, -0.2) is 0 Å². The van der Waals surface area contributed by atoms with E-state index in [0.29, 0.717) is 11.6 Å². The fourth-order valence-corrected chi connectivity index (χ4v) is 2.05. The molecule has 0 saturated heterocycles. The van der Waals surface area contributed by atoms with Gasteiger partial charge in [0.15, 0.2) is 0 Å². The van der Waals surface area contributed by atoms with Gasteiger partial charge in [-0.3, -0.25) is 10.1 Å². The highest BCUT2D eigenvalue weighted by molar-refractivity contribution is 5.70. The van der Waals surface area contributed by atoms with E-state index in [0.717, 1.165) is 0 Å². The molecule has 106 valence electrons. The first-order valence-electron chi connectivity index (χ1n) is 5.66. The molecule has 7 heteroatoms. The Morgan fingerprint density at radius 3 is 2.30 bits per heavy atom. The molecular weight excluding hydrogens is 275 g/mol. The number of aliphatic hydroxyl groups is 1. The molecule has 1 aliphatic carbocycles. The number of nitro groups is 1. The minimum atomic E-state index is -5.12. The SMILES string of the molecule is O=[N+]([O-])C1=CC=C(c2ccccc2)CC1(O)C(F)(F)F. The molecule has 0 heterocycles. The number of alkyl halides is 3. The van der Waals surface area contributed by atoms with Crippen LogP contribution in [-0.4, -0.2) is 21.8 Å². The maximum Gasteiger partial charge on any atom is 0.428 e.